The average Bonchev–Trinajstić information content (AvgIpc) is 2.91. The molecule has 24 heavy (non-hydrogen) atoms. The minimum Gasteiger partial charge on any atom is -0.459 e. The molecule has 0 amide bonds. The SMILES string of the molecule is CCNC(=NCc1oc2ccccc2c1C)NC1CCC(O)CC1. The molecule has 1 aliphatic carbocycles. The molecule has 130 valence electrons. The summed E-state index contributed by atoms with van der Waals surface area (Å²) >= 11 is 0. The molecule has 1 aromatic carbocycles. The first-order valence-electron chi connectivity index (χ1n) is 8.87. The van der Waals surface area contributed by atoms with Gasteiger partial charge in [0.2, 0.25) is 0 Å². The number of furan rings is 1. The summed E-state index contributed by atoms with van der Waals surface area (Å²) in [6, 6.07) is 8.47. The first kappa shape index (κ1) is 16.8. The van der Waals surface area contributed by atoms with Gasteiger partial charge in [-0.1, -0.05) is 18.2 Å². The number of nitrogens with one attached hydrogen (secondary N) is 2. The fourth-order valence-corrected chi connectivity index (χ4v) is 3.26. The number of fused-ring (bicyclic) bond motifs is 1. The normalized spacial score (nSPS) is 21.9. The van der Waals surface area contributed by atoms with Gasteiger partial charge < -0.3 is 20.2 Å². The lowest BCUT2D eigenvalue weighted by Crippen LogP contribution is -2.45. The lowest BCUT2D eigenvalue weighted by Gasteiger charge is -2.27. The van der Waals surface area contributed by atoms with Gasteiger partial charge in [0.1, 0.15) is 17.9 Å². The maximum absolute atomic E-state index is 9.63. The number of nitrogens with zero attached hydrogens (tertiary/aromatic N) is 1. The third kappa shape index (κ3) is 3.90. The Bertz CT molecular complexity index is 700. The van der Waals surface area contributed by atoms with Gasteiger partial charge in [0.25, 0.3) is 0 Å². The molecule has 2 aromatic rings. The molecule has 3 N–H and O–H groups in total. The van der Waals surface area contributed by atoms with Gasteiger partial charge in [-0.2, -0.15) is 0 Å². The summed E-state index contributed by atoms with van der Waals surface area (Å²) in [7, 11) is 0. The summed E-state index contributed by atoms with van der Waals surface area (Å²) in [6.07, 6.45) is 3.55. The summed E-state index contributed by atoms with van der Waals surface area (Å²) in [5, 5.41) is 17.6. The van der Waals surface area contributed by atoms with Crippen molar-refractivity contribution in [2.24, 2.45) is 4.99 Å². The molecule has 1 heterocycles. The lowest BCUT2D eigenvalue weighted by atomic mass is 9.93. The summed E-state index contributed by atoms with van der Waals surface area (Å²) in [4.78, 5) is 4.69. The zero-order valence-electron chi connectivity index (χ0n) is 14.5. The van der Waals surface area contributed by atoms with Gasteiger partial charge in [-0.15, -0.1) is 0 Å². The van der Waals surface area contributed by atoms with Crippen LogP contribution in [-0.4, -0.2) is 29.8 Å². The molecule has 0 spiro atoms. The van der Waals surface area contributed by atoms with Crippen LogP contribution in [0.25, 0.3) is 11.0 Å². The van der Waals surface area contributed by atoms with Gasteiger partial charge in [-0.05, 0) is 45.6 Å². The fraction of sp³-hybridized carbons (Fsp3) is 0.526. The van der Waals surface area contributed by atoms with Crippen molar-refractivity contribution in [2.75, 3.05) is 6.54 Å². The highest BCUT2D eigenvalue weighted by atomic mass is 16.3. The van der Waals surface area contributed by atoms with Crippen molar-refractivity contribution in [1.82, 2.24) is 10.6 Å². The zero-order chi connectivity index (χ0) is 16.9. The third-order valence-corrected chi connectivity index (χ3v) is 4.71. The number of hydrogen-bond acceptors (Lipinski definition) is 3. The molecule has 1 aromatic heterocycles. The topological polar surface area (TPSA) is 69.8 Å². The highest BCUT2D eigenvalue weighted by Gasteiger charge is 2.20. The van der Waals surface area contributed by atoms with E-state index in [0.29, 0.717) is 12.6 Å². The molecule has 0 radical (unpaired) electrons. The van der Waals surface area contributed by atoms with Gasteiger partial charge >= 0.3 is 0 Å². The van der Waals surface area contributed by atoms with E-state index in [9.17, 15) is 5.11 Å². The quantitative estimate of drug-likeness (QED) is 0.595. The van der Waals surface area contributed by atoms with Crippen LogP contribution in [0.15, 0.2) is 33.7 Å². The Morgan fingerprint density at radius 2 is 2.00 bits per heavy atom. The molecule has 0 unspecified atom stereocenters. The van der Waals surface area contributed by atoms with E-state index >= 15 is 0 Å². The predicted octanol–water partition coefficient (Wildman–Crippen LogP) is 3.10. The highest BCUT2D eigenvalue weighted by molar-refractivity contribution is 5.82. The van der Waals surface area contributed by atoms with Crippen molar-refractivity contribution in [3.05, 3.63) is 35.6 Å². The second kappa shape index (κ2) is 7.71. The standard InChI is InChI=1S/C19H27N3O2/c1-3-20-19(22-14-8-10-15(23)11-9-14)21-12-18-13(2)16-6-4-5-7-17(16)24-18/h4-7,14-15,23H,3,8-12H2,1-2H3,(H2,20,21,22). The summed E-state index contributed by atoms with van der Waals surface area (Å²) in [5.74, 6) is 1.73. The first-order chi connectivity index (χ1) is 11.7. The van der Waals surface area contributed by atoms with E-state index in [0.717, 1.165) is 60.5 Å². The van der Waals surface area contributed by atoms with E-state index in [1.807, 2.05) is 18.2 Å². The number of hydrogen-bond donors (Lipinski definition) is 3. The van der Waals surface area contributed by atoms with E-state index < -0.39 is 0 Å². The summed E-state index contributed by atoms with van der Waals surface area (Å²) in [6.45, 7) is 5.49. The Kier molecular flexibility index (Phi) is 5.41. The molecule has 0 bridgehead atoms. The molecule has 5 heteroatoms. The van der Waals surface area contributed by atoms with Crippen LogP contribution in [0.2, 0.25) is 0 Å². The van der Waals surface area contributed by atoms with Crippen LogP contribution < -0.4 is 10.6 Å². The largest absolute Gasteiger partial charge is 0.459 e. The zero-order valence-corrected chi connectivity index (χ0v) is 14.5. The monoisotopic (exact) mass is 329 g/mol. The first-order valence-corrected chi connectivity index (χ1v) is 8.87. The molecular weight excluding hydrogens is 302 g/mol. The van der Waals surface area contributed by atoms with Crippen LogP contribution in [0.1, 0.15) is 43.9 Å². The smallest absolute Gasteiger partial charge is 0.191 e. The molecule has 1 saturated carbocycles. The number of aryl methyl sites for hydroxylation is 1. The molecule has 0 aliphatic heterocycles. The van der Waals surface area contributed by atoms with Gasteiger partial charge in [-0.3, -0.25) is 0 Å². The Morgan fingerprint density at radius 3 is 2.71 bits per heavy atom. The van der Waals surface area contributed by atoms with Gasteiger partial charge in [0.15, 0.2) is 5.96 Å². The second-order valence-electron chi connectivity index (χ2n) is 6.49. The highest BCUT2D eigenvalue weighted by Crippen LogP contribution is 2.25. The second-order valence-corrected chi connectivity index (χ2v) is 6.49. The lowest BCUT2D eigenvalue weighted by molar-refractivity contribution is 0.120. The Morgan fingerprint density at radius 1 is 1.25 bits per heavy atom. The average molecular weight is 329 g/mol. The summed E-state index contributed by atoms with van der Waals surface area (Å²) in [5.41, 5.74) is 2.07. The van der Waals surface area contributed by atoms with Crippen molar-refractivity contribution in [3.8, 4) is 0 Å². The number of rotatable bonds is 4. The molecule has 5 nitrogen and oxygen atoms in total. The number of aliphatic hydroxyl groups excluding tert-OH is 1. The van der Waals surface area contributed by atoms with Crippen LogP contribution >= 0.6 is 0 Å². The molecular formula is C19H27N3O2. The van der Waals surface area contributed by atoms with E-state index in [-0.39, 0.29) is 6.10 Å². The number of aliphatic hydroxyl groups is 1. The van der Waals surface area contributed by atoms with Crippen LogP contribution in [0.3, 0.4) is 0 Å². The van der Waals surface area contributed by atoms with Crippen molar-refractivity contribution >= 4 is 16.9 Å². The Balaban J connectivity index is 1.69. The van der Waals surface area contributed by atoms with E-state index in [2.05, 4.69) is 30.5 Å². The summed E-state index contributed by atoms with van der Waals surface area (Å²) < 4.78 is 5.94. The number of benzene rings is 1. The van der Waals surface area contributed by atoms with Crippen LogP contribution in [0.5, 0.6) is 0 Å². The Hall–Kier alpha value is -2.01. The van der Waals surface area contributed by atoms with E-state index in [4.69, 9.17) is 9.41 Å². The number of para-hydroxylation sites is 1. The van der Waals surface area contributed by atoms with Gasteiger partial charge in [0.05, 0.1) is 6.10 Å². The third-order valence-electron chi connectivity index (χ3n) is 4.71. The fourth-order valence-electron chi connectivity index (χ4n) is 3.26. The number of aliphatic imine (C=N–C) groups is 1. The maximum atomic E-state index is 9.63. The molecule has 1 fully saturated rings. The van der Waals surface area contributed by atoms with E-state index in [1.165, 1.54) is 0 Å². The minimum absolute atomic E-state index is 0.138. The maximum Gasteiger partial charge on any atom is 0.191 e. The van der Waals surface area contributed by atoms with Crippen LogP contribution in [0.4, 0.5) is 0 Å². The molecule has 3 rings (SSSR count). The van der Waals surface area contributed by atoms with Crippen molar-refractivity contribution in [2.45, 2.75) is 58.2 Å². The number of guanidine groups is 1. The predicted molar refractivity (Wildman–Crippen MR) is 97.2 cm³/mol. The van der Waals surface area contributed by atoms with Crippen molar-refractivity contribution < 1.29 is 9.52 Å². The van der Waals surface area contributed by atoms with Gasteiger partial charge in [0, 0.05) is 23.5 Å². The van der Waals surface area contributed by atoms with Crippen LogP contribution in [0, 0.1) is 6.92 Å². The molecule has 0 saturated heterocycles. The van der Waals surface area contributed by atoms with E-state index in [1.54, 1.807) is 0 Å². The molecule has 0 atom stereocenters. The van der Waals surface area contributed by atoms with Crippen LogP contribution in [-0.2, 0) is 6.54 Å². The van der Waals surface area contributed by atoms with Crippen molar-refractivity contribution in [3.63, 3.8) is 0 Å². The van der Waals surface area contributed by atoms with Gasteiger partial charge in [-0.25, -0.2) is 4.99 Å². The molecule has 1 aliphatic rings. The Labute approximate surface area is 143 Å². The minimum atomic E-state index is -0.138. The van der Waals surface area contributed by atoms with Crippen molar-refractivity contribution in [1.29, 1.82) is 0 Å².